The molecule has 1 fully saturated rings. The van der Waals surface area contributed by atoms with Gasteiger partial charge in [0.2, 0.25) is 0 Å². The molecule has 0 aliphatic carbocycles. The second kappa shape index (κ2) is 7.53. The van der Waals surface area contributed by atoms with Crippen LogP contribution in [0, 0.1) is 0 Å². The summed E-state index contributed by atoms with van der Waals surface area (Å²) < 4.78 is 0. The molecule has 4 rings (SSSR count). The number of hydrogen-bond acceptors (Lipinski definition) is 7. The highest BCUT2D eigenvalue weighted by Crippen LogP contribution is 2.42. The van der Waals surface area contributed by atoms with Gasteiger partial charge in [-0.1, -0.05) is 17.8 Å². The summed E-state index contributed by atoms with van der Waals surface area (Å²) in [5, 5.41) is 15.5. The number of carboxylic acid groups (broad SMARTS) is 1. The lowest BCUT2D eigenvalue weighted by atomic mass is 10.0. The van der Waals surface area contributed by atoms with Crippen molar-refractivity contribution in [3.8, 4) is 0 Å². The van der Waals surface area contributed by atoms with E-state index in [9.17, 15) is 9.59 Å². The zero-order chi connectivity index (χ0) is 18.8. The summed E-state index contributed by atoms with van der Waals surface area (Å²) in [6, 6.07) is 6.28. The van der Waals surface area contributed by atoms with Crippen LogP contribution in [-0.2, 0) is 16.1 Å². The molecule has 8 nitrogen and oxygen atoms in total. The van der Waals surface area contributed by atoms with E-state index < -0.39 is 11.9 Å². The Morgan fingerprint density at radius 3 is 2.81 bits per heavy atom. The number of carboxylic acids is 1. The average Bonchev–Trinajstić information content (AvgIpc) is 2.67. The van der Waals surface area contributed by atoms with E-state index in [0.29, 0.717) is 0 Å². The summed E-state index contributed by atoms with van der Waals surface area (Å²) >= 11 is 1.61. The summed E-state index contributed by atoms with van der Waals surface area (Å²) in [6.45, 7) is 2.45. The molecule has 0 saturated carbocycles. The van der Waals surface area contributed by atoms with E-state index in [2.05, 4.69) is 43.7 Å². The highest BCUT2D eigenvalue weighted by molar-refractivity contribution is 7.99. The van der Waals surface area contributed by atoms with Gasteiger partial charge in [-0.15, -0.1) is 0 Å². The van der Waals surface area contributed by atoms with Gasteiger partial charge < -0.3 is 15.7 Å². The first kappa shape index (κ1) is 17.7. The van der Waals surface area contributed by atoms with Crippen molar-refractivity contribution in [3.63, 3.8) is 0 Å². The first-order valence-corrected chi connectivity index (χ1v) is 9.55. The van der Waals surface area contributed by atoms with Gasteiger partial charge >= 0.3 is 11.9 Å². The number of nitrogens with zero attached hydrogens (tertiary/aromatic N) is 3. The molecule has 140 valence electrons. The number of rotatable bonds is 3. The lowest BCUT2D eigenvalue weighted by Crippen LogP contribution is -2.46. The highest BCUT2D eigenvalue weighted by atomic mass is 32.2. The van der Waals surface area contributed by atoms with Crippen molar-refractivity contribution in [2.45, 2.75) is 35.3 Å². The van der Waals surface area contributed by atoms with E-state index in [4.69, 9.17) is 5.11 Å². The highest BCUT2D eigenvalue weighted by Gasteiger charge is 2.23. The number of hydrogen-bond donors (Lipinski definition) is 3. The zero-order valence-electron chi connectivity index (χ0n) is 14.5. The van der Waals surface area contributed by atoms with E-state index in [0.717, 1.165) is 53.9 Å². The Hall–Kier alpha value is -2.65. The summed E-state index contributed by atoms with van der Waals surface area (Å²) in [7, 11) is 0. The van der Waals surface area contributed by atoms with Gasteiger partial charge in [0.05, 0.1) is 5.69 Å². The van der Waals surface area contributed by atoms with Gasteiger partial charge in [-0.05, 0) is 30.5 Å². The molecule has 9 heteroatoms. The maximum atomic E-state index is 11.3. The van der Waals surface area contributed by atoms with Crippen LogP contribution in [0.5, 0.6) is 0 Å². The van der Waals surface area contributed by atoms with Gasteiger partial charge in [-0.2, -0.15) is 0 Å². The fourth-order valence-electron chi connectivity index (χ4n) is 3.32. The van der Waals surface area contributed by atoms with Crippen LogP contribution in [0.4, 0.5) is 11.5 Å². The monoisotopic (exact) mass is 385 g/mol. The topological polar surface area (TPSA) is 107 Å². The van der Waals surface area contributed by atoms with Gasteiger partial charge in [-0.25, -0.2) is 14.8 Å². The number of likely N-dealkylation sites (tertiary alicyclic amines) is 1. The minimum atomic E-state index is -1.43. The van der Waals surface area contributed by atoms with Gasteiger partial charge in [-0.3, -0.25) is 9.69 Å². The van der Waals surface area contributed by atoms with Crippen molar-refractivity contribution >= 4 is 35.1 Å². The first-order valence-electron chi connectivity index (χ1n) is 8.73. The molecule has 0 atom stereocenters. The van der Waals surface area contributed by atoms with Gasteiger partial charge in [0, 0.05) is 43.0 Å². The Bertz CT molecular complexity index is 883. The summed E-state index contributed by atoms with van der Waals surface area (Å²) in [5.74, 6) is -1.57. The standard InChI is InChI=1S/C18H19N5O3S/c24-16(18(25)26)21-12-3-7-23(8-4-12)10-11-1-2-14-13(9-11)22-15-17(27-14)20-6-5-19-15/h1-2,5-6,9,12H,3-4,7-8,10H2,(H,19,22)(H,21,24)(H,25,26). The third kappa shape index (κ3) is 4.04. The second-order valence-corrected chi connectivity index (χ2v) is 7.63. The molecule has 2 aromatic rings. The van der Waals surface area contributed by atoms with Crippen molar-refractivity contribution in [3.05, 3.63) is 36.2 Å². The number of benzene rings is 1. The smallest absolute Gasteiger partial charge is 0.394 e. The number of fused-ring (bicyclic) bond motifs is 2. The normalized spacial score (nSPS) is 16.7. The molecule has 0 radical (unpaired) electrons. The lowest BCUT2D eigenvalue weighted by Gasteiger charge is -2.32. The number of amides is 1. The van der Waals surface area contributed by atoms with Crippen LogP contribution < -0.4 is 10.6 Å². The number of carbonyl (C=O) groups is 2. The van der Waals surface area contributed by atoms with Crippen LogP contribution in [0.2, 0.25) is 0 Å². The molecule has 2 aliphatic rings. The van der Waals surface area contributed by atoms with E-state index in [1.807, 2.05) is 0 Å². The molecule has 0 bridgehead atoms. The number of nitrogens with one attached hydrogen (secondary N) is 2. The maximum Gasteiger partial charge on any atom is 0.394 e. The van der Waals surface area contributed by atoms with Gasteiger partial charge in [0.1, 0.15) is 5.03 Å². The number of aliphatic carboxylic acids is 1. The predicted octanol–water partition coefficient (Wildman–Crippen LogP) is 1.85. The molecule has 0 spiro atoms. The van der Waals surface area contributed by atoms with Gasteiger partial charge in [0.25, 0.3) is 0 Å². The molecule has 0 unspecified atom stereocenters. The Morgan fingerprint density at radius 2 is 2.04 bits per heavy atom. The first-order chi connectivity index (χ1) is 13.1. The molecule has 1 saturated heterocycles. The number of anilines is 2. The van der Waals surface area contributed by atoms with Crippen LogP contribution in [0.15, 0.2) is 40.5 Å². The Labute approximate surface area is 160 Å². The quantitative estimate of drug-likeness (QED) is 0.587. The minimum Gasteiger partial charge on any atom is -0.474 e. The summed E-state index contributed by atoms with van der Waals surface area (Å²) in [6.07, 6.45) is 4.87. The third-order valence-corrected chi connectivity index (χ3v) is 5.76. The van der Waals surface area contributed by atoms with Crippen molar-refractivity contribution in [2.75, 3.05) is 18.4 Å². The maximum absolute atomic E-state index is 11.3. The second-order valence-electron chi connectivity index (χ2n) is 6.60. The van der Waals surface area contributed by atoms with Crippen LogP contribution in [0.25, 0.3) is 0 Å². The van der Waals surface area contributed by atoms with Crippen molar-refractivity contribution in [2.24, 2.45) is 0 Å². The summed E-state index contributed by atoms with van der Waals surface area (Å²) in [4.78, 5) is 34.0. The van der Waals surface area contributed by atoms with Crippen molar-refractivity contribution in [1.29, 1.82) is 0 Å². The van der Waals surface area contributed by atoms with Crippen LogP contribution in [0.1, 0.15) is 18.4 Å². The van der Waals surface area contributed by atoms with Crippen molar-refractivity contribution < 1.29 is 14.7 Å². The average molecular weight is 385 g/mol. The van der Waals surface area contributed by atoms with Crippen LogP contribution in [-0.4, -0.2) is 51.0 Å². The molecule has 1 aromatic carbocycles. The number of carbonyl (C=O) groups excluding carboxylic acids is 1. The zero-order valence-corrected chi connectivity index (χ0v) is 15.3. The number of piperidine rings is 1. The Kier molecular flexibility index (Phi) is 4.95. The SMILES string of the molecule is O=C(O)C(=O)NC1CCN(Cc2ccc3c(c2)Nc2nccnc2S3)CC1. The molecule has 27 heavy (non-hydrogen) atoms. The third-order valence-electron chi connectivity index (χ3n) is 4.69. The Balaban J connectivity index is 1.35. The molecule has 3 heterocycles. The van der Waals surface area contributed by atoms with E-state index >= 15 is 0 Å². The number of aromatic nitrogens is 2. The molecule has 3 N–H and O–H groups in total. The summed E-state index contributed by atoms with van der Waals surface area (Å²) in [5.41, 5.74) is 2.23. The molecular formula is C18H19N5O3S. The largest absolute Gasteiger partial charge is 0.474 e. The van der Waals surface area contributed by atoms with Crippen LogP contribution in [0.3, 0.4) is 0 Å². The van der Waals surface area contributed by atoms with Crippen LogP contribution >= 0.6 is 11.8 Å². The molecule has 1 aromatic heterocycles. The van der Waals surface area contributed by atoms with Crippen molar-refractivity contribution in [1.82, 2.24) is 20.2 Å². The fraction of sp³-hybridized carbons (Fsp3) is 0.333. The fourth-order valence-corrected chi connectivity index (χ4v) is 4.20. The molecule has 2 aliphatic heterocycles. The lowest BCUT2D eigenvalue weighted by molar-refractivity contribution is -0.150. The minimum absolute atomic E-state index is 0.0680. The van der Waals surface area contributed by atoms with E-state index in [1.54, 1.807) is 24.2 Å². The predicted molar refractivity (Wildman–Crippen MR) is 100.0 cm³/mol. The van der Waals surface area contributed by atoms with E-state index in [1.165, 1.54) is 5.56 Å². The Morgan fingerprint density at radius 1 is 1.26 bits per heavy atom. The molecular weight excluding hydrogens is 366 g/mol. The van der Waals surface area contributed by atoms with E-state index in [-0.39, 0.29) is 6.04 Å². The molecule has 1 amide bonds. The van der Waals surface area contributed by atoms with Gasteiger partial charge in [0.15, 0.2) is 5.82 Å².